The Labute approximate surface area is 115 Å². The molecule has 3 heterocycles. The molecule has 0 spiro atoms. The van der Waals surface area contributed by atoms with Crippen LogP contribution in [0, 0.1) is 0 Å². The van der Waals surface area contributed by atoms with Crippen LogP contribution in [0.1, 0.15) is 6.42 Å². The van der Waals surface area contributed by atoms with Crippen molar-refractivity contribution in [2.75, 3.05) is 13.3 Å². The molecular formula is C10H21N5O5. The summed E-state index contributed by atoms with van der Waals surface area (Å²) in [7, 11) is 0. The molecule has 10 heteroatoms. The van der Waals surface area contributed by atoms with Crippen LogP contribution in [-0.2, 0) is 9.53 Å². The molecule has 0 aromatic carbocycles. The summed E-state index contributed by atoms with van der Waals surface area (Å²) in [5, 5.41) is 27.6. The topological polar surface area (TPSA) is 164 Å². The lowest BCUT2D eigenvalue weighted by molar-refractivity contribution is -0.130. The number of nitrogens with zero attached hydrogens (tertiary/aromatic N) is 1. The maximum Gasteiger partial charge on any atom is 0.242 e. The molecule has 0 aromatic rings. The van der Waals surface area contributed by atoms with Gasteiger partial charge in [0.15, 0.2) is 0 Å². The molecule has 3 aliphatic rings. The summed E-state index contributed by atoms with van der Waals surface area (Å²) in [6, 6.07) is -0.395. The van der Waals surface area contributed by atoms with E-state index in [-0.39, 0.29) is 30.4 Å². The Kier molecular flexibility index (Phi) is 4.56. The number of carbonyl (C=O) groups is 1. The molecule has 9 N–H and O–H groups in total. The van der Waals surface area contributed by atoms with Gasteiger partial charge in [0.1, 0.15) is 24.7 Å². The number of rotatable bonds is 2. The van der Waals surface area contributed by atoms with E-state index >= 15 is 0 Å². The van der Waals surface area contributed by atoms with Gasteiger partial charge in [-0.25, -0.2) is 4.90 Å². The third-order valence-corrected chi connectivity index (χ3v) is 3.85. The highest BCUT2D eigenvalue weighted by Gasteiger charge is 2.48. The van der Waals surface area contributed by atoms with Crippen LogP contribution in [0.4, 0.5) is 0 Å². The second-order valence-electron chi connectivity index (χ2n) is 5.07. The first-order valence-electron chi connectivity index (χ1n) is 6.35. The maximum atomic E-state index is 11.8. The van der Waals surface area contributed by atoms with Crippen LogP contribution in [0.15, 0.2) is 0 Å². The Morgan fingerprint density at radius 1 is 1.50 bits per heavy atom. The average molecular weight is 291 g/mol. The summed E-state index contributed by atoms with van der Waals surface area (Å²) < 4.78 is 5.60. The van der Waals surface area contributed by atoms with E-state index in [0.717, 1.165) is 0 Å². The van der Waals surface area contributed by atoms with Crippen molar-refractivity contribution in [3.63, 3.8) is 0 Å². The van der Waals surface area contributed by atoms with Gasteiger partial charge in [0.05, 0.1) is 25.5 Å². The van der Waals surface area contributed by atoms with E-state index in [1.54, 1.807) is 0 Å². The standard InChI is InChI=1S/C10H19N5O4.H2O/c11-10-13-8-7(9(18)14-10)12-3-15(8)6-1-4(17)5(2-16)19-6;/h4-8,10,12-13,16-17H,1-3,11H2,(H,14,18);1H2/t4-,5+,6+,7?,8?,10?;/m0./s1. The molecule has 0 radical (unpaired) electrons. The first kappa shape index (κ1) is 15.5. The Morgan fingerprint density at radius 3 is 2.90 bits per heavy atom. The molecule has 3 aliphatic heterocycles. The highest BCUT2D eigenvalue weighted by Crippen LogP contribution is 2.27. The summed E-state index contributed by atoms with van der Waals surface area (Å²) in [6.07, 6.45) is -2.10. The van der Waals surface area contributed by atoms with Gasteiger partial charge in [-0.2, -0.15) is 0 Å². The zero-order valence-electron chi connectivity index (χ0n) is 10.8. The molecule has 20 heavy (non-hydrogen) atoms. The van der Waals surface area contributed by atoms with E-state index in [9.17, 15) is 9.90 Å². The summed E-state index contributed by atoms with van der Waals surface area (Å²) >= 11 is 0. The van der Waals surface area contributed by atoms with E-state index in [1.165, 1.54) is 0 Å². The highest BCUT2D eigenvalue weighted by molar-refractivity contribution is 5.83. The van der Waals surface area contributed by atoms with Gasteiger partial charge in [0.25, 0.3) is 0 Å². The zero-order valence-corrected chi connectivity index (χ0v) is 10.8. The van der Waals surface area contributed by atoms with E-state index in [4.69, 9.17) is 15.6 Å². The SMILES string of the molecule is NC1NC(=O)C2NCN([C@H]3C[C@H](O)[C@@H](CO)O3)C2N1.O. The molecule has 1 amide bonds. The molecule has 3 unspecified atom stereocenters. The monoisotopic (exact) mass is 291 g/mol. The van der Waals surface area contributed by atoms with Crippen LogP contribution >= 0.6 is 0 Å². The second-order valence-corrected chi connectivity index (χ2v) is 5.07. The lowest BCUT2D eigenvalue weighted by Crippen LogP contribution is -2.70. The third-order valence-electron chi connectivity index (χ3n) is 3.85. The number of hydrogen-bond acceptors (Lipinski definition) is 8. The number of nitrogens with two attached hydrogens (primary N) is 1. The quantitative estimate of drug-likeness (QED) is 0.295. The fourth-order valence-electron chi connectivity index (χ4n) is 2.87. The molecule has 116 valence electrons. The number of carbonyl (C=O) groups excluding carboxylic acids is 1. The fourth-order valence-corrected chi connectivity index (χ4v) is 2.87. The summed E-state index contributed by atoms with van der Waals surface area (Å²) in [6.45, 7) is 0.235. The van der Waals surface area contributed by atoms with Gasteiger partial charge in [-0.1, -0.05) is 0 Å². The summed E-state index contributed by atoms with van der Waals surface area (Å²) in [4.78, 5) is 13.7. The first-order valence-corrected chi connectivity index (χ1v) is 6.35. The van der Waals surface area contributed by atoms with Crippen LogP contribution in [0.3, 0.4) is 0 Å². The van der Waals surface area contributed by atoms with E-state index in [2.05, 4.69) is 16.0 Å². The molecule has 0 aliphatic carbocycles. The number of ether oxygens (including phenoxy) is 1. The van der Waals surface area contributed by atoms with Gasteiger partial charge in [-0.05, 0) is 0 Å². The van der Waals surface area contributed by atoms with Crippen molar-refractivity contribution >= 4 is 5.91 Å². The minimum atomic E-state index is -0.694. The Balaban J connectivity index is 0.00000147. The number of fused-ring (bicyclic) bond motifs is 1. The van der Waals surface area contributed by atoms with Crippen molar-refractivity contribution in [1.29, 1.82) is 0 Å². The Bertz CT molecular complexity index is 372. The number of aliphatic hydroxyl groups is 2. The first-order chi connectivity index (χ1) is 9.10. The summed E-state index contributed by atoms with van der Waals surface area (Å²) in [5.41, 5.74) is 5.70. The van der Waals surface area contributed by atoms with Crippen molar-refractivity contribution in [1.82, 2.24) is 20.9 Å². The molecule has 3 saturated heterocycles. The van der Waals surface area contributed by atoms with E-state index in [0.29, 0.717) is 13.1 Å². The van der Waals surface area contributed by atoms with Crippen molar-refractivity contribution in [3.8, 4) is 0 Å². The normalized spacial score (nSPS) is 44.9. The predicted molar refractivity (Wildman–Crippen MR) is 66.7 cm³/mol. The molecule has 0 bridgehead atoms. The number of amides is 1. The van der Waals surface area contributed by atoms with Crippen LogP contribution in [0.5, 0.6) is 0 Å². The minimum Gasteiger partial charge on any atom is -0.412 e. The van der Waals surface area contributed by atoms with Gasteiger partial charge in [0.2, 0.25) is 5.91 Å². The largest absolute Gasteiger partial charge is 0.412 e. The van der Waals surface area contributed by atoms with E-state index in [1.807, 2.05) is 4.90 Å². The second kappa shape index (κ2) is 5.87. The highest BCUT2D eigenvalue weighted by atomic mass is 16.5. The molecular weight excluding hydrogens is 270 g/mol. The Hall–Kier alpha value is -0.850. The van der Waals surface area contributed by atoms with Gasteiger partial charge >= 0.3 is 0 Å². The Morgan fingerprint density at radius 2 is 2.25 bits per heavy atom. The molecule has 0 saturated carbocycles. The van der Waals surface area contributed by atoms with Crippen LogP contribution in [0.2, 0.25) is 0 Å². The lowest BCUT2D eigenvalue weighted by Gasteiger charge is -2.37. The van der Waals surface area contributed by atoms with Gasteiger partial charge in [-0.15, -0.1) is 0 Å². The van der Waals surface area contributed by atoms with Crippen molar-refractivity contribution in [3.05, 3.63) is 0 Å². The van der Waals surface area contributed by atoms with Crippen molar-refractivity contribution in [2.45, 2.75) is 43.4 Å². The number of aliphatic hydroxyl groups excluding tert-OH is 2. The van der Waals surface area contributed by atoms with Crippen molar-refractivity contribution in [2.24, 2.45) is 5.73 Å². The van der Waals surface area contributed by atoms with E-state index < -0.39 is 24.5 Å². The molecule has 6 atom stereocenters. The summed E-state index contributed by atoms with van der Waals surface area (Å²) in [5.74, 6) is -0.156. The molecule has 3 fully saturated rings. The third kappa shape index (κ3) is 2.52. The lowest BCUT2D eigenvalue weighted by atomic mass is 10.1. The number of hydrogen-bond donors (Lipinski definition) is 6. The molecule has 0 aromatic heterocycles. The van der Waals surface area contributed by atoms with Crippen LogP contribution in [0.25, 0.3) is 0 Å². The van der Waals surface area contributed by atoms with Gasteiger partial charge in [0, 0.05) is 6.42 Å². The molecule has 3 rings (SSSR count). The van der Waals surface area contributed by atoms with Crippen LogP contribution < -0.4 is 21.7 Å². The van der Waals surface area contributed by atoms with Gasteiger partial charge < -0.3 is 25.7 Å². The maximum absolute atomic E-state index is 11.8. The average Bonchev–Trinajstić information content (AvgIpc) is 2.92. The fraction of sp³-hybridized carbons (Fsp3) is 0.900. The van der Waals surface area contributed by atoms with Crippen molar-refractivity contribution < 1.29 is 25.2 Å². The number of nitrogens with one attached hydrogen (secondary N) is 3. The molecule has 10 nitrogen and oxygen atoms in total. The zero-order chi connectivity index (χ0) is 13.6. The minimum absolute atomic E-state index is 0. The smallest absolute Gasteiger partial charge is 0.242 e. The predicted octanol–water partition coefficient (Wildman–Crippen LogP) is -4.85. The van der Waals surface area contributed by atoms with Gasteiger partial charge in [-0.3, -0.25) is 21.2 Å². The van der Waals surface area contributed by atoms with Crippen LogP contribution in [-0.4, -0.2) is 76.7 Å².